The van der Waals surface area contributed by atoms with E-state index in [-0.39, 0.29) is 0 Å². The molecule has 80 valence electrons. The Labute approximate surface area is 87.9 Å². The average molecular weight is 206 g/mol. The van der Waals surface area contributed by atoms with E-state index in [9.17, 15) is 0 Å². The summed E-state index contributed by atoms with van der Waals surface area (Å²) in [5, 5.41) is 11.3. The molecule has 0 saturated heterocycles. The zero-order valence-electron chi connectivity index (χ0n) is 8.96. The number of tetrazole rings is 1. The van der Waals surface area contributed by atoms with Gasteiger partial charge in [0.05, 0.1) is 6.54 Å². The quantitative estimate of drug-likeness (QED) is 0.726. The van der Waals surface area contributed by atoms with Crippen LogP contribution in [0.15, 0.2) is 12.4 Å². The van der Waals surface area contributed by atoms with E-state index in [4.69, 9.17) is 0 Å². The van der Waals surface area contributed by atoms with E-state index in [1.54, 1.807) is 4.68 Å². The van der Waals surface area contributed by atoms with Crippen LogP contribution >= 0.6 is 0 Å². The van der Waals surface area contributed by atoms with Crippen LogP contribution in [0.4, 0.5) is 0 Å². The molecule has 2 rings (SSSR count). The van der Waals surface area contributed by atoms with Gasteiger partial charge in [0.1, 0.15) is 5.82 Å². The van der Waals surface area contributed by atoms with Gasteiger partial charge in [-0.2, -0.15) is 0 Å². The van der Waals surface area contributed by atoms with Crippen molar-refractivity contribution in [2.45, 2.75) is 26.3 Å². The number of aryl methyl sites for hydroxylation is 2. The van der Waals surface area contributed by atoms with Crippen LogP contribution in [0, 0.1) is 0 Å². The lowest BCUT2D eigenvalue weighted by atomic mass is 10.3. The van der Waals surface area contributed by atoms with Crippen LogP contribution in [0.5, 0.6) is 0 Å². The van der Waals surface area contributed by atoms with Gasteiger partial charge in [-0.15, -0.1) is 5.10 Å². The lowest BCUT2D eigenvalue weighted by Gasteiger charge is -2.05. The standard InChI is InChI=1S/C9H14N6/c1-3-4-8-10-5-6-15(8)7-9-11-12-13-14(9)2/h5-6H,3-4,7H2,1-2H3. The summed E-state index contributed by atoms with van der Waals surface area (Å²) in [6, 6.07) is 0. The highest BCUT2D eigenvalue weighted by Crippen LogP contribution is 2.03. The second-order valence-corrected chi connectivity index (χ2v) is 3.44. The summed E-state index contributed by atoms with van der Waals surface area (Å²) in [7, 11) is 1.84. The molecule has 0 fully saturated rings. The van der Waals surface area contributed by atoms with E-state index < -0.39 is 0 Å². The summed E-state index contributed by atoms with van der Waals surface area (Å²) >= 11 is 0. The van der Waals surface area contributed by atoms with Crippen molar-refractivity contribution in [2.24, 2.45) is 7.05 Å². The molecule has 0 N–H and O–H groups in total. The third-order valence-electron chi connectivity index (χ3n) is 2.29. The number of hydrogen-bond donors (Lipinski definition) is 0. The summed E-state index contributed by atoms with van der Waals surface area (Å²) < 4.78 is 3.75. The molecule has 0 spiro atoms. The minimum atomic E-state index is 0.679. The Kier molecular flexibility index (Phi) is 2.75. The number of nitrogens with zero attached hydrogens (tertiary/aromatic N) is 6. The van der Waals surface area contributed by atoms with Crippen LogP contribution in [0.2, 0.25) is 0 Å². The predicted molar refractivity (Wildman–Crippen MR) is 54.1 cm³/mol. The van der Waals surface area contributed by atoms with E-state index in [1.165, 1.54) is 0 Å². The van der Waals surface area contributed by atoms with Crippen molar-refractivity contribution < 1.29 is 0 Å². The Bertz CT molecular complexity index is 429. The van der Waals surface area contributed by atoms with Gasteiger partial charge in [-0.25, -0.2) is 9.67 Å². The molecule has 2 heterocycles. The van der Waals surface area contributed by atoms with Gasteiger partial charge in [0.15, 0.2) is 5.82 Å². The molecule has 0 atom stereocenters. The second kappa shape index (κ2) is 4.20. The largest absolute Gasteiger partial charge is 0.327 e. The van der Waals surface area contributed by atoms with E-state index >= 15 is 0 Å². The Hall–Kier alpha value is -1.72. The number of imidazole rings is 1. The van der Waals surface area contributed by atoms with Gasteiger partial charge in [-0.1, -0.05) is 6.92 Å². The third-order valence-corrected chi connectivity index (χ3v) is 2.29. The first-order valence-corrected chi connectivity index (χ1v) is 5.02. The van der Waals surface area contributed by atoms with E-state index in [0.717, 1.165) is 24.5 Å². The molecular formula is C9H14N6. The maximum absolute atomic E-state index is 4.30. The van der Waals surface area contributed by atoms with Crippen molar-refractivity contribution in [1.29, 1.82) is 0 Å². The van der Waals surface area contributed by atoms with Crippen molar-refractivity contribution in [1.82, 2.24) is 29.8 Å². The summed E-state index contributed by atoms with van der Waals surface area (Å²) in [5.41, 5.74) is 0. The molecule has 0 amide bonds. The predicted octanol–water partition coefficient (Wildman–Crippen LogP) is 0.407. The smallest absolute Gasteiger partial charge is 0.170 e. The highest BCUT2D eigenvalue weighted by atomic mass is 15.5. The van der Waals surface area contributed by atoms with Crippen LogP contribution in [0.3, 0.4) is 0 Å². The highest BCUT2D eigenvalue weighted by molar-refractivity contribution is 4.96. The van der Waals surface area contributed by atoms with Gasteiger partial charge < -0.3 is 4.57 Å². The van der Waals surface area contributed by atoms with Crippen LogP contribution in [0.25, 0.3) is 0 Å². The first-order valence-electron chi connectivity index (χ1n) is 5.02. The van der Waals surface area contributed by atoms with Gasteiger partial charge in [-0.3, -0.25) is 0 Å². The zero-order chi connectivity index (χ0) is 10.7. The number of aromatic nitrogens is 6. The van der Waals surface area contributed by atoms with Gasteiger partial charge in [-0.05, 0) is 16.8 Å². The SMILES string of the molecule is CCCc1nccn1Cc1nnnn1C. The fraction of sp³-hybridized carbons (Fsp3) is 0.556. The highest BCUT2D eigenvalue weighted by Gasteiger charge is 2.06. The Morgan fingerprint density at radius 1 is 1.33 bits per heavy atom. The summed E-state index contributed by atoms with van der Waals surface area (Å²) in [4.78, 5) is 4.30. The molecule has 0 aliphatic carbocycles. The molecule has 0 unspecified atom stereocenters. The topological polar surface area (TPSA) is 61.4 Å². The van der Waals surface area contributed by atoms with Gasteiger partial charge in [0.2, 0.25) is 0 Å². The first-order chi connectivity index (χ1) is 7.31. The molecule has 15 heavy (non-hydrogen) atoms. The molecule has 0 radical (unpaired) electrons. The summed E-state index contributed by atoms with van der Waals surface area (Å²) in [5.74, 6) is 1.92. The van der Waals surface area contributed by atoms with Crippen molar-refractivity contribution in [3.05, 3.63) is 24.0 Å². The Morgan fingerprint density at radius 2 is 2.20 bits per heavy atom. The zero-order valence-corrected chi connectivity index (χ0v) is 8.96. The summed E-state index contributed by atoms with van der Waals surface area (Å²) in [6.45, 7) is 2.82. The van der Waals surface area contributed by atoms with Crippen molar-refractivity contribution in [2.75, 3.05) is 0 Å². The lowest BCUT2D eigenvalue weighted by molar-refractivity contribution is 0.623. The average Bonchev–Trinajstić information content (AvgIpc) is 2.80. The maximum Gasteiger partial charge on any atom is 0.170 e. The normalized spacial score (nSPS) is 10.8. The fourth-order valence-electron chi connectivity index (χ4n) is 1.47. The third kappa shape index (κ3) is 2.03. The van der Waals surface area contributed by atoms with Crippen molar-refractivity contribution in [3.63, 3.8) is 0 Å². The van der Waals surface area contributed by atoms with Gasteiger partial charge in [0.25, 0.3) is 0 Å². The summed E-state index contributed by atoms with van der Waals surface area (Å²) in [6.07, 6.45) is 5.85. The van der Waals surface area contributed by atoms with Crippen LogP contribution < -0.4 is 0 Å². The van der Waals surface area contributed by atoms with Gasteiger partial charge in [0, 0.05) is 25.9 Å². The molecular weight excluding hydrogens is 192 g/mol. The molecule has 6 heteroatoms. The minimum Gasteiger partial charge on any atom is -0.327 e. The molecule has 0 aliphatic heterocycles. The fourth-order valence-corrected chi connectivity index (χ4v) is 1.47. The second-order valence-electron chi connectivity index (χ2n) is 3.44. The molecule has 6 nitrogen and oxygen atoms in total. The van der Waals surface area contributed by atoms with Crippen LogP contribution in [-0.4, -0.2) is 29.8 Å². The van der Waals surface area contributed by atoms with Crippen LogP contribution in [0.1, 0.15) is 25.0 Å². The molecule has 2 aromatic rings. The molecule has 0 bridgehead atoms. The monoisotopic (exact) mass is 206 g/mol. The minimum absolute atomic E-state index is 0.679. The maximum atomic E-state index is 4.30. The molecule has 2 aromatic heterocycles. The van der Waals surface area contributed by atoms with Gasteiger partial charge >= 0.3 is 0 Å². The first kappa shape index (κ1) is 9.82. The molecule has 0 aliphatic rings. The van der Waals surface area contributed by atoms with E-state index in [1.807, 2.05) is 19.4 Å². The Balaban J connectivity index is 2.17. The van der Waals surface area contributed by atoms with Crippen molar-refractivity contribution in [3.8, 4) is 0 Å². The van der Waals surface area contributed by atoms with E-state index in [2.05, 4.69) is 32.0 Å². The Morgan fingerprint density at radius 3 is 2.87 bits per heavy atom. The van der Waals surface area contributed by atoms with E-state index in [0.29, 0.717) is 6.54 Å². The molecule has 0 saturated carbocycles. The number of rotatable bonds is 4. The lowest BCUT2D eigenvalue weighted by Crippen LogP contribution is -2.09. The molecule has 0 aromatic carbocycles. The van der Waals surface area contributed by atoms with Crippen molar-refractivity contribution >= 4 is 0 Å². The van der Waals surface area contributed by atoms with Crippen LogP contribution in [-0.2, 0) is 20.0 Å². The number of hydrogen-bond acceptors (Lipinski definition) is 4.